The third-order valence-electron chi connectivity index (χ3n) is 5.69. The number of anilines is 1. The maximum absolute atomic E-state index is 12.4. The van der Waals surface area contributed by atoms with Crippen LogP contribution in [0.4, 0.5) is 5.69 Å². The van der Waals surface area contributed by atoms with Crippen molar-refractivity contribution >= 4 is 39.8 Å². The first-order valence-corrected chi connectivity index (χ1v) is 9.84. The molecule has 0 spiro atoms. The number of fused-ring (bicyclic) bond motifs is 3. The molecule has 1 fully saturated rings. The van der Waals surface area contributed by atoms with E-state index in [0.717, 1.165) is 54.4 Å². The zero-order chi connectivity index (χ0) is 18.9. The number of H-pyrrole nitrogens is 1. The number of hydrogen-bond acceptors (Lipinski definition) is 3. The molecule has 0 saturated carbocycles. The molecule has 5 heteroatoms. The molecule has 3 aromatic carbocycles. The minimum absolute atomic E-state index is 0. The number of aromatic amines is 1. The quantitative estimate of drug-likeness (QED) is 0.513. The van der Waals surface area contributed by atoms with Gasteiger partial charge in [-0.3, -0.25) is 9.69 Å². The average molecular weight is 406 g/mol. The highest BCUT2D eigenvalue weighted by molar-refractivity contribution is 6.05. The number of para-hydroxylation sites is 1. The van der Waals surface area contributed by atoms with Gasteiger partial charge in [0.1, 0.15) is 0 Å². The molecule has 0 atom stereocenters. The molecule has 0 amide bonds. The Morgan fingerprint density at radius 2 is 1.45 bits per heavy atom. The molecule has 0 bridgehead atoms. The zero-order valence-corrected chi connectivity index (χ0v) is 17.0. The van der Waals surface area contributed by atoms with E-state index < -0.39 is 0 Å². The maximum Gasteiger partial charge on any atom is 0.256 e. The van der Waals surface area contributed by atoms with E-state index >= 15 is 0 Å². The lowest BCUT2D eigenvalue weighted by Crippen LogP contribution is -2.45. The fourth-order valence-electron chi connectivity index (χ4n) is 4.19. The first kappa shape index (κ1) is 19.5. The van der Waals surface area contributed by atoms with Crippen LogP contribution in [0.25, 0.3) is 21.7 Å². The lowest BCUT2D eigenvalue weighted by Gasteiger charge is -2.36. The maximum atomic E-state index is 12.4. The number of benzene rings is 3. The fourth-order valence-corrected chi connectivity index (χ4v) is 4.19. The largest absolute Gasteiger partial charge is 0.369 e. The molecule has 0 unspecified atom stereocenters. The van der Waals surface area contributed by atoms with Crippen molar-refractivity contribution in [2.24, 2.45) is 0 Å². The Morgan fingerprint density at radius 1 is 0.759 bits per heavy atom. The van der Waals surface area contributed by atoms with Crippen molar-refractivity contribution in [1.29, 1.82) is 0 Å². The third-order valence-corrected chi connectivity index (χ3v) is 5.69. The molecular formula is C24H24ClN3O. The van der Waals surface area contributed by atoms with E-state index in [1.807, 2.05) is 24.3 Å². The first-order chi connectivity index (χ1) is 13.8. The Hall–Kier alpha value is -2.82. The lowest BCUT2D eigenvalue weighted by molar-refractivity contribution is 0.250. The number of hydrogen-bond donors (Lipinski definition) is 1. The van der Waals surface area contributed by atoms with E-state index in [0.29, 0.717) is 0 Å². The summed E-state index contributed by atoms with van der Waals surface area (Å²) in [7, 11) is 0. The molecule has 1 aliphatic heterocycles. The average Bonchev–Trinajstić information content (AvgIpc) is 2.75. The summed E-state index contributed by atoms with van der Waals surface area (Å²) in [4.78, 5) is 20.4. The van der Waals surface area contributed by atoms with Crippen molar-refractivity contribution in [1.82, 2.24) is 9.88 Å². The second kappa shape index (κ2) is 8.27. The van der Waals surface area contributed by atoms with Gasteiger partial charge < -0.3 is 9.88 Å². The van der Waals surface area contributed by atoms with Gasteiger partial charge in [0.25, 0.3) is 5.56 Å². The summed E-state index contributed by atoms with van der Waals surface area (Å²) in [5.74, 6) is 0. The summed E-state index contributed by atoms with van der Waals surface area (Å²) < 4.78 is 0. The second-order valence-electron chi connectivity index (χ2n) is 7.48. The predicted molar refractivity (Wildman–Crippen MR) is 123 cm³/mol. The molecule has 2 heterocycles. The van der Waals surface area contributed by atoms with E-state index in [-0.39, 0.29) is 18.0 Å². The molecule has 1 aromatic heterocycles. The fraction of sp³-hybridized carbons (Fsp3) is 0.208. The van der Waals surface area contributed by atoms with Crippen LogP contribution in [0.2, 0.25) is 0 Å². The molecule has 4 aromatic rings. The SMILES string of the molecule is Cl.O=c1[nH]c2cc(CN3CCN(c4ccccc4)CC3)ccc2c2ccccc12. The Labute approximate surface area is 176 Å². The number of aromatic nitrogens is 1. The van der Waals surface area contributed by atoms with Crippen LogP contribution in [0.3, 0.4) is 0 Å². The van der Waals surface area contributed by atoms with E-state index in [9.17, 15) is 4.79 Å². The van der Waals surface area contributed by atoms with Crippen LogP contribution in [0.5, 0.6) is 0 Å². The van der Waals surface area contributed by atoms with Crippen molar-refractivity contribution in [3.8, 4) is 0 Å². The number of nitrogens with zero attached hydrogens (tertiary/aromatic N) is 2. The van der Waals surface area contributed by atoms with Crippen molar-refractivity contribution in [3.63, 3.8) is 0 Å². The summed E-state index contributed by atoms with van der Waals surface area (Å²) in [6.07, 6.45) is 0. The Bertz CT molecular complexity index is 1180. The standard InChI is InChI=1S/C24H23N3O.ClH/c28-24-22-9-5-4-8-20(22)21-11-10-18(16-23(21)25-24)17-26-12-14-27(15-13-26)19-6-2-1-3-7-19;/h1-11,16H,12-15,17H2,(H,25,28);1H. The van der Waals surface area contributed by atoms with Crippen LogP contribution >= 0.6 is 12.4 Å². The smallest absolute Gasteiger partial charge is 0.256 e. The highest BCUT2D eigenvalue weighted by atomic mass is 35.5. The molecule has 1 saturated heterocycles. The van der Waals surface area contributed by atoms with Gasteiger partial charge in [0.2, 0.25) is 0 Å². The lowest BCUT2D eigenvalue weighted by atomic mass is 10.0. The van der Waals surface area contributed by atoms with Crippen molar-refractivity contribution in [2.75, 3.05) is 31.1 Å². The van der Waals surface area contributed by atoms with Gasteiger partial charge >= 0.3 is 0 Å². The highest BCUT2D eigenvalue weighted by Crippen LogP contribution is 2.23. The minimum atomic E-state index is -0.0169. The van der Waals surface area contributed by atoms with Gasteiger partial charge in [-0.1, -0.05) is 48.5 Å². The molecule has 29 heavy (non-hydrogen) atoms. The number of nitrogens with one attached hydrogen (secondary N) is 1. The van der Waals surface area contributed by atoms with Gasteiger partial charge in [-0.25, -0.2) is 0 Å². The predicted octanol–water partition coefficient (Wildman–Crippen LogP) is 4.43. The molecule has 0 radical (unpaired) electrons. The summed E-state index contributed by atoms with van der Waals surface area (Å²) in [5, 5.41) is 2.87. The third kappa shape index (κ3) is 3.86. The van der Waals surface area contributed by atoms with E-state index in [2.05, 4.69) is 63.3 Å². The van der Waals surface area contributed by atoms with Crippen LogP contribution in [0.15, 0.2) is 77.6 Å². The normalized spacial score (nSPS) is 14.8. The van der Waals surface area contributed by atoms with Gasteiger partial charge in [0, 0.05) is 54.7 Å². The summed E-state index contributed by atoms with van der Waals surface area (Å²) in [5.41, 5.74) is 3.45. The molecule has 1 N–H and O–H groups in total. The molecule has 4 nitrogen and oxygen atoms in total. The number of piperazine rings is 1. The van der Waals surface area contributed by atoms with Gasteiger partial charge in [-0.05, 0) is 35.2 Å². The minimum Gasteiger partial charge on any atom is -0.369 e. The van der Waals surface area contributed by atoms with E-state index in [4.69, 9.17) is 0 Å². The monoisotopic (exact) mass is 405 g/mol. The molecule has 0 aliphatic carbocycles. The van der Waals surface area contributed by atoms with Gasteiger partial charge in [0.05, 0.1) is 0 Å². The Morgan fingerprint density at radius 3 is 2.21 bits per heavy atom. The van der Waals surface area contributed by atoms with Crippen LogP contribution in [0.1, 0.15) is 5.56 Å². The first-order valence-electron chi connectivity index (χ1n) is 9.84. The van der Waals surface area contributed by atoms with Crippen molar-refractivity contribution in [2.45, 2.75) is 6.54 Å². The van der Waals surface area contributed by atoms with Gasteiger partial charge in [-0.2, -0.15) is 0 Å². The highest BCUT2D eigenvalue weighted by Gasteiger charge is 2.17. The van der Waals surface area contributed by atoms with E-state index in [1.165, 1.54) is 11.3 Å². The Balaban J connectivity index is 0.00000205. The van der Waals surface area contributed by atoms with E-state index in [1.54, 1.807) is 0 Å². The summed E-state index contributed by atoms with van der Waals surface area (Å²) in [6.45, 7) is 5.08. The molecule has 1 aliphatic rings. The number of halogens is 1. The summed E-state index contributed by atoms with van der Waals surface area (Å²) >= 11 is 0. The van der Waals surface area contributed by atoms with Gasteiger partial charge in [-0.15, -0.1) is 12.4 Å². The van der Waals surface area contributed by atoms with Crippen LogP contribution in [-0.4, -0.2) is 36.1 Å². The van der Waals surface area contributed by atoms with Crippen LogP contribution < -0.4 is 10.5 Å². The van der Waals surface area contributed by atoms with Crippen molar-refractivity contribution < 1.29 is 0 Å². The van der Waals surface area contributed by atoms with Crippen molar-refractivity contribution in [3.05, 3.63) is 88.7 Å². The number of pyridine rings is 1. The second-order valence-corrected chi connectivity index (χ2v) is 7.48. The van der Waals surface area contributed by atoms with Crippen LogP contribution in [0, 0.1) is 0 Å². The number of rotatable bonds is 3. The zero-order valence-electron chi connectivity index (χ0n) is 16.2. The summed E-state index contributed by atoms with van der Waals surface area (Å²) in [6, 6.07) is 24.9. The van der Waals surface area contributed by atoms with Gasteiger partial charge in [0.15, 0.2) is 0 Å². The molecule has 148 valence electrons. The Kier molecular flexibility index (Phi) is 5.56. The topological polar surface area (TPSA) is 39.3 Å². The molecular weight excluding hydrogens is 382 g/mol. The van der Waals surface area contributed by atoms with Crippen LogP contribution in [-0.2, 0) is 6.54 Å². The molecule has 5 rings (SSSR count).